The van der Waals surface area contributed by atoms with Crippen molar-refractivity contribution in [2.45, 2.75) is 91.5 Å². The Morgan fingerprint density at radius 1 is 0.711 bits per heavy atom. The molecule has 0 radical (unpaired) electrons. The summed E-state index contributed by atoms with van der Waals surface area (Å²) in [4.78, 5) is 46.9. The first-order valence-corrected chi connectivity index (χ1v) is 16.0. The van der Waals surface area contributed by atoms with Gasteiger partial charge in [0.15, 0.2) is 0 Å². The van der Waals surface area contributed by atoms with Gasteiger partial charge in [-0.05, 0) is 84.8 Å². The lowest BCUT2D eigenvalue weighted by Gasteiger charge is -2.21. The van der Waals surface area contributed by atoms with E-state index in [1.54, 1.807) is 27.7 Å². The van der Waals surface area contributed by atoms with Crippen LogP contribution < -0.4 is 0 Å². The maximum atomic E-state index is 12.6. The van der Waals surface area contributed by atoms with Gasteiger partial charge < -0.3 is 23.1 Å². The molecule has 0 spiro atoms. The molecule has 11 nitrogen and oxygen atoms in total. The van der Waals surface area contributed by atoms with Crippen LogP contribution in [0.3, 0.4) is 0 Å². The first kappa shape index (κ1) is 39.4. The molecular formula is C30H41F3O11S. The van der Waals surface area contributed by atoms with Crippen molar-refractivity contribution in [2.24, 2.45) is 0 Å². The smallest absolute Gasteiger partial charge is 0.466 e. The van der Waals surface area contributed by atoms with E-state index in [0.717, 1.165) is 23.6 Å². The molecule has 0 atom stereocenters. The Hall–Kier alpha value is -3.62. The molecule has 15 heteroatoms. The summed E-state index contributed by atoms with van der Waals surface area (Å²) in [7, 11) is -5.91. The van der Waals surface area contributed by atoms with Crippen LogP contribution in [0.1, 0.15) is 86.0 Å². The summed E-state index contributed by atoms with van der Waals surface area (Å²) in [6, 6.07) is 0. The Morgan fingerprint density at radius 3 is 1.58 bits per heavy atom. The second-order valence-electron chi connectivity index (χ2n) is 9.48. The van der Waals surface area contributed by atoms with Crippen molar-refractivity contribution in [3.8, 4) is 0 Å². The molecule has 0 aliphatic heterocycles. The van der Waals surface area contributed by atoms with Gasteiger partial charge in [0.2, 0.25) is 0 Å². The minimum Gasteiger partial charge on any atom is -0.466 e. The molecule has 0 N–H and O–H groups in total. The predicted molar refractivity (Wildman–Crippen MR) is 155 cm³/mol. The molecule has 0 saturated carbocycles. The minimum absolute atomic E-state index is 0.0221. The Labute approximate surface area is 261 Å². The Morgan fingerprint density at radius 2 is 1.13 bits per heavy atom. The predicted octanol–water partition coefficient (Wildman–Crippen LogP) is 5.66. The molecule has 0 aromatic carbocycles. The van der Waals surface area contributed by atoms with E-state index < -0.39 is 33.3 Å². The van der Waals surface area contributed by atoms with Crippen LogP contribution in [0, 0.1) is 0 Å². The highest BCUT2D eigenvalue weighted by Gasteiger charge is 2.49. The van der Waals surface area contributed by atoms with E-state index in [-0.39, 0.29) is 62.0 Å². The summed E-state index contributed by atoms with van der Waals surface area (Å²) >= 11 is 0. The third-order valence-corrected chi connectivity index (χ3v) is 7.33. The van der Waals surface area contributed by atoms with E-state index in [9.17, 15) is 40.8 Å². The van der Waals surface area contributed by atoms with E-state index in [1.165, 1.54) is 0 Å². The maximum absolute atomic E-state index is 12.6. The molecule has 0 amide bonds. The van der Waals surface area contributed by atoms with Crippen molar-refractivity contribution >= 4 is 34.0 Å². The van der Waals surface area contributed by atoms with Gasteiger partial charge in [-0.3, -0.25) is 9.59 Å². The number of carbonyl (C=O) groups is 4. The largest absolute Gasteiger partial charge is 0.534 e. The summed E-state index contributed by atoms with van der Waals surface area (Å²) < 4.78 is 84.1. The van der Waals surface area contributed by atoms with Gasteiger partial charge in [-0.25, -0.2) is 9.59 Å². The number of hydrogen-bond acceptors (Lipinski definition) is 11. The lowest BCUT2D eigenvalue weighted by Crippen LogP contribution is -2.27. The molecule has 2 rings (SSSR count). The highest BCUT2D eigenvalue weighted by molar-refractivity contribution is 7.87. The van der Waals surface area contributed by atoms with Gasteiger partial charge in [0.1, 0.15) is 5.76 Å². The molecule has 0 heterocycles. The number of esters is 4. The third-order valence-electron chi connectivity index (χ3n) is 6.37. The van der Waals surface area contributed by atoms with Crippen molar-refractivity contribution in [1.29, 1.82) is 0 Å². The number of halogens is 3. The molecule has 0 fully saturated rings. The fourth-order valence-electron chi connectivity index (χ4n) is 4.39. The molecule has 0 unspecified atom stereocenters. The van der Waals surface area contributed by atoms with Gasteiger partial charge in [0.05, 0.1) is 26.4 Å². The molecule has 2 aliphatic rings. The van der Waals surface area contributed by atoms with Crippen molar-refractivity contribution in [3.63, 3.8) is 0 Å². The van der Waals surface area contributed by atoms with Crippen molar-refractivity contribution in [3.05, 3.63) is 45.8 Å². The van der Waals surface area contributed by atoms with Crippen LogP contribution in [-0.4, -0.2) is 64.2 Å². The van der Waals surface area contributed by atoms with Gasteiger partial charge in [-0.15, -0.1) is 0 Å². The second-order valence-corrected chi connectivity index (χ2v) is 11.0. The molecule has 2 aliphatic carbocycles. The number of carbonyl (C=O) groups excluding carboxylic acids is 4. The van der Waals surface area contributed by atoms with E-state index in [2.05, 4.69) is 10.3 Å². The molecule has 0 aromatic rings. The molecular weight excluding hydrogens is 625 g/mol. The number of alkyl halides is 3. The number of allylic oxidation sites excluding steroid dienone is 5. The van der Waals surface area contributed by atoms with Crippen molar-refractivity contribution in [1.82, 2.24) is 0 Å². The van der Waals surface area contributed by atoms with E-state index in [4.69, 9.17) is 18.9 Å². The van der Waals surface area contributed by atoms with Crippen molar-refractivity contribution < 1.29 is 63.9 Å². The quantitative estimate of drug-likeness (QED) is 0.0978. The summed E-state index contributed by atoms with van der Waals surface area (Å²) in [5, 5.41) is 0. The van der Waals surface area contributed by atoms with Gasteiger partial charge in [-0.1, -0.05) is 11.6 Å². The Balaban J connectivity index is 0.000000472. The average molecular weight is 667 g/mol. The van der Waals surface area contributed by atoms with Crippen molar-refractivity contribution in [2.75, 3.05) is 26.4 Å². The van der Waals surface area contributed by atoms with Crippen LogP contribution in [0.25, 0.3) is 0 Å². The van der Waals surface area contributed by atoms with Crippen LogP contribution in [0.5, 0.6) is 0 Å². The zero-order chi connectivity index (χ0) is 34.2. The van der Waals surface area contributed by atoms with Crippen LogP contribution in [0.15, 0.2) is 45.8 Å². The lowest BCUT2D eigenvalue weighted by molar-refractivity contribution is -0.144. The van der Waals surface area contributed by atoms with Gasteiger partial charge >= 0.3 is 39.5 Å². The first-order valence-electron chi connectivity index (χ1n) is 14.6. The fourth-order valence-corrected chi connectivity index (χ4v) is 4.89. The fraction of sp³-hybridized carbons (Fsp3) is 0.600. The number of rotatable bonds is 14. The van der Waals surface area contributed by atoms with Crippen LogP contribution in [0.4, 0.5) is 13.2 Å². The zero-order valence-electron chi connectivity index (χ0n) is 26.2. The third kappa shape index (κ3) is 12.7. The Bertz CT molecular complexity index is 1310. The summed E-state index contributed by atoms with van der Waals surface area (Å²) in [5.74, 6) is -2.55. The van der Waals surface area contributed by atoms with Gasteiger partial charge in [0.25, 0.3) is 0 Å². The normalized spacial score (nSPS) is 15.2. The SMILES string of the molecule is CCOC(=O)CCC1=C(C(=O)OCC)CCC=C1C.CCOC(=O)CCC1=C(C(=O)OCC)CCC=C1OS(=O)(=O)C(F)(F)F. The van der Waals surface area contributed by atoms with E-state index in [0.29, 0.717) is 38.0 Å². The lowest BCUT2D eigenvalue weighted by atomic mass is 9.89. The number of ether oxygens (including phenoxy) is 4. The second kappa shape index (κ2) is 19.0. The highest BCUT2D eigenvalue weighted by Crippen LogP contribution is 2.35. The zero-order valence-corrected chi connectivity index (χ0v) is 27.0. The van der Waals surface area contributed by atoms with Crippen LogP contribution in [0.2, 0.25) is 0 Å². The molecule has 0 aromatic heterocycles. The molecule has 0 saturated heterocycles. The van der Waals surface area contributed by atoms with E-state index in [1.807, 2.05) is 6.92 Å². The number of hydrogen-bond donors (Lipinski definition) is 0. The molecule has 45 heavy (non-hydrogen) atoms. The van der Waals surface area contributed by atoms with Gasteiger partial charge in [-0.2, -0.15) is 21.6 Å². The minimum atomic E-state index is -5.91. The summed E-state index contributed by atoms with van der Waals surface area (Å²) in [5.41, 5.74) is -3.04. The van der Waals surface area contributed by atoms with Gasteiger partial charge in [0, 0.05) is 29.6 Å². The highest BCUT2D eigenvalue weighted by atomic mass is 32.2. The Kier molecular flexibility index (Phi) is 16.7. The monoisotopic (exact) mass is 666 g/mol. The average Bonchev–Trinajstić information content (AvgIpc) is 2.95. The molecule has 254 valence electrons. The van der Waals surface area contributed by atoms with Crippen LogP contribution in [-0.2, 0) is 52.4 Å². The first-order chi connectivity index (χ1) is 21.1. The summed E-state index contributed by atoms with van der Waals surface area (Å²) in [6.45, 7) is 9.55. The maximum Gasteiger partial charge on any atom is 0.534 e. The standard InChI is InChI=1S/C15H19F3O7S.C15H22O4/c1-3-23-13(19)9-8-10-11(14(20)24-4-2)6-5-7-12(10)25-26(21,22)15(16,17)18;1-4-18-14(16)10-9-12-11(3)7-6-8-13(12)15(17)19-5-2/h7H,3-6,8-9H2,1-2H3;7H,4-6,8-10H2,1-3H3. The van der Waals surface area contributed by atoms with E-state index >= 15 is 0 Å². The topological polar surface area (TPSA) is 149 Å². The van der Waals surface area contributed by atoms with Crippen LogP contribution >= 0.6 is 0 Å². The molecule has 0 bridgehead atoms. The summed E-state index contributed by atoms with van der Waals surface area (Å²) in [6.07, 6.45) is 5.32.